The Kier molecular flexibility index (Phi) is 4.81. The van der Waals surface area contributed by atoms with Crippen molar-refractivity contribution >= 4 is 5.97 Å². The zero-order valence-corrected chi connectivity index (χ0v) is 10.8. The molecular weight excluding hydrogens is 286 g/mol. The van der Waals surface area contributed by atoms with Gasteiger partial charge in [0.25, 0.3) is 0 Å². The largest absolute Gasteiger partial charge is 0.481 e. The van der Waals surface area contributed by atoms with Gasteiger partial charge in [-0.2, -0.15) is 13.8 Å². The summed E-state index contributed by atoms with van der Waals surface area (Å²) in [5, 5.41) is 12.3. The monoisotopic (exact) mass is 298 g/mol. The molecule has 0 radical (unpaired) electrons. The highest BCUT2D eigenvalue weighted by Crippen LogP contribution is 2.21. The van der Waals surface area contributed by atoms with E-state index in [1.54, 1.807) is 0 Å². The van der Waals surface area contributed by atoms with Gasteiger partial charge in [0.05, 0.1) is 0 Å². The molecule has 1 aromatic heterocycles. The number of carbonyl (C=O) groups is 1. The van der Waals surface area contributed by atoms with Crippen LogP contribution in [0.15, 0.2) is 28.8 Å². The second-order valence-corrected chi connectivity index (χ2v) is 4.16. The molecule has 0 saturated heterocycles. The van der Waals surface area contributed by atoms with Crippen LogP contribution in [0.25, 0.3) is 11.4 Å². The molecule has 112 valence electrons. The number of rotatable bonds is 7. The van der Waals surface area contributed by atoms with Crippen molar-refractivity contribution in [2.45, 2.75) is 25.9 Å². The maximum Gasteiger partial charge on any atom is 0.387 e. The Morgan fingerprint density at radius 3 is 2.67 bits per heavy atom. The lowest BCUT2D eigenvalue weighted by molar-refractivity contribution is -0.137. The number of aliphatic carboxylic acids is 1. The molecule has 0 saturated carbocycles. The SMILES string of the molecule is O=C(O)CCCc1nc(-c2ccc(OC(F)F)cc2)no1. The number of ether oxygens (including phenoxy) is 1. The summed E-state index contributed by atoms with van der Waals surface area (Å²) in [6, 6.07) is 5.82. The van der Waals surface area contributed by atoms with Gasteiger partial charge in [0.1, 0.15) is 5.75 Å². The van der Waals surface area contributed by atoms with Crippen LogP contribution in [0.5, 0.6) is 5.75 Å². The normalized spacial score (nSPS) is 10.8. The van der Waals surface area contributed by atoms with E-state index in [0.29, 0.717) is 30.1 Å². The minimum absolute atomic E-state index is 0.0252. The van der Waals surface area contributed by atoms with Crippen molar-refractivity contribution < 1.29 is 27.9 Å². The van der Waals surface area contributed by atoms with Gasteiger partial charge in [0.15, 0.2) is 0 Å². The molecule has 0 atom stereocenters. The third kappa shape index (κ3) is 4.51. The average Bonchev–Trinajstić information content (AvgIpc) is 2.87. The van der Waals surface area contributed by atoms with Crippen LogP contribution in [0.1, 0.15) is 18.7 Å². The molecule has 0 fully saturated rings. The molecule has 2 aromatic rings. The number of aryl methyl sites for hydroxylation is 1. The quantitative estimate of drug-likeness (QED) is 0.846. The van der Waals surface area contributed by atoms with Crippen molar-refractivity contribution in [3.63, 3.8) is 0 Å². The van der Waals surface area contributed by atoms with Crippen molar-refractivity contribution in [3.05, 3.63) is 30.2 Å². The number of hydrogen-bond acceptors (Lipinski definition) is 5. The van der Waals surface area contributed by atoms with Crippen molar-refractivity contribution in [2.24, 2.45) is 0 Å². The van der Waals surface area contributed by atoms with Crippen LogP contribution < -0.4 is 4.74 Å². The highest BCUT2D eigenvalue weighted by Gasteiger charge is 2.10. The topological polar surface area (TPSA) is 85.5 Å². The number of halogens is 2. The summed E-state index contributed by atoms with van der Waals surface area (Å²) >= 11 is 0. The maximum atomic E-state index is 12.0. The van der Waals surface area contributed by atoms with E-state index < -0.39 is 12.6 Å². The van der Waals surface area contributed by atoms with Gasteiger partial charge in [-0.05, 0) is 30.7 Å². The summed E-state index contributed by atoms with van der Waals surface area (Å²) in [7, 11) is 0. The molecule has 0 bridgehead atoms. The highest BCUT2D eigenvalue weighted by atomic mass is 19.3. The molecule has 0 aliphatic rings. The molecule has 21 heavy (non-hydrogen) atoms. The van der Waals surface area contributed by atoms with Crippen LogP contribution in [-0.4, -0.2) is 27.8 Å². The Morgan fingerprint density at radius 1 is 1.33 bits per heavy atom. The summed E-state index contributed by atoms with van der Waals surface area (Å²) in [5.74, 6) is -0.202. The Hall–Kier alpha value is -2.51. The lowest BCUT2D eigenvalue weighted by Crippen LogP contribution is -2.01. The average molecular weight is 298 g/mol. The Morgan fingerprint density at radius 2 is 2.05 bits per heavy atom. The molecule has 6 nitrogen and oxygen atoms in total. The fraction of sp³-hybridized carbons (Fsp3) is 0.308. The summed E-state index contributed by atoms with van der Waals surface area (Å²) in [4.78, 5) is 14.5. The van der Waals surface area contributed by atoms with Crippen LogP contribution in [-0.2, 0) is 11.2 Å². The lowest BCUT2D eigenvalue weighted by Gasteiger charge is -2.03. The Balaban J connectivity index is 1.98. The van der Waals surface area contributed by atoms with Gasteiger partial charge in [0, 0.05) is 18.4 Å². The van der Waals surface area contributed by atoms with E-state index in [9.17, 15) is 13.6 Å². The summed E-state index contributed by atoms with van der Waals surface area (Å²) < 4.78 is 33.3. The maximum absolute atomic E-state index is 12.0. The molecule has 0 spiro atoms. The van der Waals surface area contributed by atoms with E-state index in [-0.39, 0.29) is 12.2 Å². The van der Waals surface area contributed by atoms with Gasteiger partial charge in [-0.3, -0.25) is 4.79 Å². The Bertz CT molecular complexity index is 598. The van der Waals surface area contributed by atoms with Crippen molar-refractivity contribution in [1.82, 2.24) is 10.1 Å². The first-order chi connectivity index (χ1) is 10.0. The third-order valence-electron chi connectivity index (χ3n) is 2.59. The van der Waals surface area contributed by atoms with Gasteiger partial charge in [-0.15, -0.1) is 0 Å². The minimum atomic E-state index is -2.87. The molecule has 0 amide bonds. The van der Waals surface area contributed by atoms with Gasteiger partial charge < -0.3 is 14.4 Å². The standard InChI is InChI=1S/C13H12F2N2O4/c14-13(15)20-9-6-4-8(5-7-9)12-16-10(21-17-12)2-1-3-11(18)19/h4-7,13H,1-3H2,(H,18,19). The summed E-state index contributed by atoms with van der Waals surface area (Å²) in [6.45, 7) is -2.87. The van der Waals surface area contributed by atoms with E-state index >= 15 is 0 Å². The first-order valence-corrected chi connectivity index (χ1v) is 6.14. The minimum Gasteiger partial charge on any atom is -0.481 e. The predicted molar refractivity (Wildman–Crippen MR) is 66.9 cm³/mol. The van der Waals surface area contributed by atoms with Crippen LogP contribution >= 0.6 is 0 Å². The van der Waals surface area contributed by atoms with Gasteiger partial charge >= 0.3 is 12.6 Å². The van der Waals surface area contributed by atoms with E-state index in [1.165, 1.54) is 24.3 Å². The molecule has 0 aliphatic heterocycles. The van der Waals surface area contributed by atoms with Crippen molar-refractivity contribution in [1.29, 1.82) is 0 Å². The second kappa shape index (κ2) is 6.78. The number of benzene rings is 1. The molecule has 1 heterocycles. The third-order valence-corrected chi connectivity index (χ3v) is 2.59. The van der Waals surface area contributed by atoms with Crippen LogP contribution in [0, 0.1) is 0 Å². The number of nitrogens with zero attached hydrogens (tertiary/aromatic N) is 2. The zero-order chi connectivity index (χ0) is 15.2. The second-order valence-electron chi connectivity index (χ2n) is 4.16. The molecule has 1 N–H and O–H groups in total. The van der Waals surface area contributed by atoms with Crippen LogP contribution in [0.2, 0.25) is 0 Å². The summed E-state index contributed by atoms with van der Waals surface area (Å²) in [6.07, 6.45) is 0.793. The van der Waals surface area contributed by atoms with E-state index in [1.807, 2.05) is 0 Å². The lowest BCUT2D eigenvalue weighted by atomic mass is 10.2. The number of aromatic nitrogens is 2. The first kappa shape index (κ1) is 14.9. The van der Waals surface area contributed by atoms with Gasteiger partial charge in [0.2, 0.25) is 11.7 Å². The molecular formula is C13H12F2N2O4. The molecule has 8 heteroatoms. The fourth-order valence-electron chi connectivity index (χ4n) is 1.65. The van der Waals surface area contributed by atoms with Gasteiger partial charge in [-0.25, -0.2) is 0 Å². The van der Waals surface area contributed by atoms with E-state index in [0.717, 1.165) is 0 Å². The van der Waals surface area contributed by atoms with E-state index in [4.69, 9.17) is 9.63 Å². The number of carboxylic acids is 1. The van der Waals surface area contributed by atoms with Crippen molar-refractivity contribution in [2.75, 3.05) is 0 Å². The first-order valence-electron chi connectivity index (χ1n) is 6.14. The molecule has 0 aliphatic carbocycles. The van der Waals surface area contributed by atoms with Gasteiger partial charge in [-0.1, -0.05) is 5.16 Å². The molecule has 0 unspecified atom stereocenters. The van der Waals surface area contributed by atoms with Crippen molar-refractivity contribution in [3.8, 4) is 17.1 Å². The smallest absolute Gasteiger partial charge is 0.387 e. The van der Waals surface area contributed by atoms with Crippen LogP contribution in [0.4, 0.5) is 8.78 Å². The Labute approximate surface area is 118 Å². The van der Waals surface area contributed by atoms with Crippen LogP contribution in [0.3, 0.4) is 0 Å². The number of hydrogen-bond donors (Lipinski definition) is 1. The highest BCUT2D eigenvalue weighted by molar-refractivity contribution is 5.66. The zero-order valence-electron chi connectivity index (χ0n) is 10.8. The number of alkyl halides is 2. The number of carboxylic acid groups (broad SMARTS) is 1. The predicted octanol–water partition coefficient (Wildman–Crippen LogP) is 2.75. The fourth-order valence-corrected chi connectivity index (χ4v) is 1.65. The summed E-state index contributed by atoms with van der Waals surface area (Å²) in [5.41, 5.74) is 0.588. The molecule has 1 aromatic carbocycles. The molecule has 2 rings (SSSR count). The van der Waals surface area contributed by atoms with E-state index in [2.05, 4.69) is 14.9 Å².